The summed E-state index contributed by atoms with van der Waals surface area (Å²) in [4.78, 5) is 0. The quantitative estimate of drug-likeness (QED) is 0.0594. The van der Waals surface area contributed by atoms with Crippen LogP contribution in [0.3, 0.4) is 0 Å². The van der Waals surface area contributed by atoms with Crippen molar-refractivity contribution in [3.8, 4) is 0 Å². The molecule has 5 unspecified atom stereocenters. The predicted molar refractivity (Wildman–Crippen MR) is 261 cm³/mol. The molecule has 9 nitrogen and oxygen atoms in total. The molecule has 0 saturated heterocycles. The normalized spacial score (nSPS) is 18.3. The van der Waals surface area contributed by atoms with E-state index < -0.39 is 26.8 Å². The molecule has 20 heteroatoms. The Morgan fingerprint density at radius 2 is 0.964 bits per heavy atom. The zero-order chi connectivity index (χ0) is 41.9. The second-order valence-corrected chi connectivity index (χ2v) is 33.0. The van der Waals surface area contributed by atoms with Crippen molar-refractivity contribution in [2.24, 2.45) is 17.8 Å². The monoisotopic (exact) mass is 994 g/mol. The first-order valence-corrected chi connectivity index (χ1v) is 36.5. The Morgan fingerprint density at radius 3 is 1.32 bits per heavy atom. The van der Waals surface area contributed by atoms with E-state index in [-0.39, 0.29) is 18.9 Å². The second kappa shape index (κ2) is 38.5. The van der Waals surface area contributed by atoms with Crippen molar-refractivity contribution in [3.05, 3.63) is 0 Å². The minimum atomic E-state index is -2.60. The summed E-state index contributed by atoms with van der Waals surface area (Å²) in [5, 5.41) is 0. The van der Waals surface area contributed by atoms with Crippen molar-refractivity contribution in [2.75, 3.05) is 75.9 Å². The molecule has 0 spiro atoms. The average Bonchev–Trinajstić information content (AvgIpc) is 3.16. The van der Waals surface area contributed by atoms with E-state index in [0.717, 1.165) is 42.7 Å². The zero-order valence-corrected chi connectivity index (χ0v) is 45.7. The standard InChI is InChI=1S/C32H68O6S8Si2.C4H10O3Si/c1-8-15-18-30-19-20-31(21-25-45(43-41-39)23-16-27-47(33-9-2,34-10-3)35-11-4)32(29-30)22-26-46(44-42-40)24-17-28-48(36-12-5,37-13-6)38-14-7;1-3-6-8(5)7-4-2/h30-32H,8-29H2,1-7H3;3-4H2,1-2H3. The van der Waals surface area contributed by atoms with Gasteiger partial charge in [0.2, 0.25) is 0 Å². The van der Waals surface area contributed by atoms with Gasteiger partial charge in [0.05, 0.1) is 13.2 Å². The van der Waals surface area contributed by atoms with Gasteiger partial charge in [-0.15, -0.1) is 18.9 Å². The van der Waals surface area contributed by atoms with Gasteiger partial charge in [-0.3, -0.25) is 4.46 Å². The molecule has 0 radical (unpaired) electrons. The van der Waals surface area contributed by atoms with E-state index >= 15 is 0 Å². The molecule has 1 aliphatic carbocycles. The highest BCUT2D eigenvalue weighted by Gasteiger charge is 2.40. The maximum atomic E-state index is 10.4. The molecule has 0 N–H and O–H groups in total. The minimum absolute atomic E-state index is 0.241. The highest BCUT2D eigenvalue weighted by Crippen LogP contribution is 2.40. The molecule has 0 aromatic rings. The summed E-state index contributed by atoms with van der Waals surface area (Å²) >= 11 is 10.8. The summed E-state index contributed by atoms with van der Waals surface area (Å²) in [6.45, 7) is 22.9. The Bertz CT molecular complexity index is 1180. The van der Waals surface area contributed by atoms with Gasteiger partial charge >= 0.3 is 26.8 Å². The van der Waals surface area contributed by atoms with Gasteiger partial charge in [-0.1, -0.05) is 32.6 Å². The van der Waals surface area contributed by atoms with E-state index in [1.807, 2.05) is 59.3 Å². The molecule has 0 aliphatic heterocycles. The van der Waals surface area contributed by atoms with Crippen LogP contribution in [-0.4, -0.2) is 103 Å². The number of rotatable bonds is 33. The zero-order valence-electron chi connectivity index (χ0n) is 36.1. The van der Waals surface area contributed by atoms with Crippen molar-refractivity contribution < 1.29 is 39.9 Å². The molecule has 1 aliphatic rings. The van der Waals surface area contributed by atoms with Gasteiger partial charge in [0.15, 0.2) is 0 Å². The third-order valence-electron chi connectivity index (χ3n) is 9.31. The molecule has 1 fully saturated rings. The fraction of sp³-hybridized carbons (Fsp3) is 1.00. The van der Waals surface area contributed by atoms with Crippen LogP contribution < -0.4 is 0 Å². The summed E-state index contributed by atoms with van der Waals surface area (Å²) in [5.41, 5.74) is 0. The molecular weight excluding hydrogens is 917 g/mol. The van der Waals surface area contributed by atoms with Gasteiger partial charge in [0.25, 0.3) is 0 Å². The van der Waals surface area contributed by atoms with Crippen molar-refractivity contribution in [1.29, 1.82) is 0 Å². The Kier molecular flexibility index (Phi) is 39.8. The molecule has 0 aromatic heterocycles. The van der Waals surface area contributed by atoms with E-state index in [0.29, 0.717) is 52.9 Å². The van der Waals surface area contributed by atoms with Gasteiger partial charge in [-0.05, 0) is 193 Å². The van der Waals surface area contributed by atoms with Crippen LogP contribution in [0.5, 0.6) is 0 Å². The van der Waals surface area contributed by atoms with Crippen molar-refractivity contribution >= 4 is 104 Å². The molecule has 0 aromatic carbocycles. The largest absolute Gasteiger partial charge is 0.767 e. The summed E-state index contributed by atoms with van der Waals surface area (Å²) in [6, 6.07) is 1.79. The molecule has 336 valence electrons. The predicted octanol–water partition coefficient (Wildman–Crippen LogP) is 8.49. The van der Waals surface area contributed by atoms with Crippen LogP contribution in [0.1, 0.15) is 127 Å². The molecule has 1 saturated carbocycles. The fourth-order valence-electron chi connectivity index (χ4n) is 7.08. The highest BCUT2D eigenvalue weighted by atomic mass is 33.2. The number of unbranched alkanes of at least 4 members (excludes halogenated alkanes) is 1. The number of hydrogen-bond donors (Lipinski definition) is 0. The molecule has 1 rings (SSSR count). The lowest BCUT2D eigenvalue weighted by Crippen LogP contribution is -2.46. The Morgan fingerprint density at radius 1 is 0.554 bits per heavy atom. The first kappa shape index (κ1) is 57.8. The van der Waals surface area contributed by atoms with Crippen LogP contribution in [0.4, 0.5) is 0 Å². The van der Waals surface area contributed by atoms with Crippen LogP contribution in [-0.2, 0) is 117 Å². The van der Waals surface area contributed by atoms with Crippen molar-refractivity contribution in [2.45, 2.75) is 139 Å². The SMILES string of the molecule is CCCCC1CCC(CCS(CCC[Si](OCC)(OCC)OCC)=S=S=S)C(CCS(CCC[Si](OCC)(OCC)OCC)=S=S=S)C1.CCO[Si](=O)OCC. The molecule has 56 heavy (non-hydrogen) atoms. The second-order valence-electron chi connectivity index (χ2n) is 13.2. The van der Waals surface area contributed by atoms with Crippen LogP contribution in [0.2, 0.25) is 12.1 Å². The van der Waals surface area contributed by atoms with Gasteiger partial charge in [0.1, 0.15) is 0 Å². The van der Waals surface area contributed by atoms with Crippen molar-refractivity contribution in [3.63, 3.8) is 0 Å². The Hall–Kier alpha value is 1.83. The highest BCUT2D eigenvalue weighted by molar-refractivity contribution is 8.58. The lowest BCUT2D eigenvalue weighted by molar-refractivity contribution is 0.0704. The molecule has 5 atom stereocenters. The summed E-state index contributed by atoms with van der Waals surface area (Å²) < 4.78 is 56.4. The van der Waals surface area contributed by atoms with Gasteiger partial charge in [0, 0.05) is 51.7 Å². The maximum Gasteiger partial charge on any atom is 0.767 e. The third kappa shape index (κ3) is 27.0. The molecule has 0 heterocycles. The van der Waals surface area contributed by atoms with Crippen LogP contribution in [0.15, 0.2) is 0 Å². The summed E-state index contributed by atoms with van der Waals surface area (Å²) in [5.74, 6) is 7.40. The summed E-state index contributed by atoms with van der Waals surface area (Å²) in [7, 11) is 0.0449. The lowest BCUT2D eigenvalue weighted by atomic mass is 9.70. The lowest BCUT2D eigenvalue weighted by Gasteiger charge is -2.37. The first-order valence-electron chi connectivity index (χ1n) is 21.1. The Labute approximate surface area is 372 Å². The minimum Gasteiger partial charge on any atom is -0.496 e. The van der Waals surface area contributed by atoms with E-state index in [9.17, 15) is 4.46 Å². The third-order valence-corrected chi connectivity index (χ3v) is 31.0. The topological polar surface area (TPSA) is 90.9 Å². The molecular formula is C36H78O9S8Si3. The van der Waals surface area contributed by atoms with E-state index in [1.54, 1.807) is 13.8 Å². The maximum absolute atomic E-state index is 10.4. The van der Waals surface area contributed by atoms with Gasteiger partial charge < -0.3 is 35.4 Å². The average molecular weight is 996 g/mol. The van der Waals surface area contributed by atoms with Crippen LogP contribution in [0.25, 0.3) is 0 Å². The van der Waals surface area contributed by atoms with E-state index in [1.165, 1.54) is 92.1 Å². The van der Waals surface area contributed by atoms with Gasteiger partial charge in [-0.2, -0.15) is 0 Å². The Balaban J connectivity index is 0.00000338. The van der Waals surface area contributed by atoms with Crippen LogP contribution >= 0.6 is 0 Å². The van der Waals surface area contributed by atoms with E-state index in [4.69, 9.17) is 48.9 Å². The molecule has 0 amide bonds. The molecule has 0 bridgehead atoms. The fourth-order valence-corrected chi connectivity index (χ4v) is 26.9. The first-order chi connectivity index (χ1) is 27.1. The number of hydrogen-bond acceptors (Lipinski definition) is 11. The smallest absolute Gasteiger partial charge is 0.496 e. The van der Waals surface area contributed by atoms with E-state index in [2.05, 4.69) is 15.8 Å². The van der Waals surface area contributed by atoms with Gasteiger partial charge in [-0.25, -0.2) is 0 Å². The summed E-state index contributed by atoms with van der Waals surface area (Å²) in [6.07, 6.45) is 13.1. The van der Waals surface area contributed by atoms with Crippen LogP contribution in [0, 0.1) is 17.8 Å². The van der Waals surface area contributed by atoms with Crippen molar-refractivity contribution in [1.82, 2.24) is 0 Å².